The number of aliphatic hydroxyl groups is 1. The molecule has 0 spiro atoms. The molecule has 1 aromatic carbocycles. The van der Waals surface area contributed by atoms with Crippen LogP contribution in [-0.2, 0) is 6.61 Å². The van der Waals surface area contributed by atoms with Crippen molar-refractivity contribution < 1.29 is 23.0 Å². The summed E-state index contributed by atoms with van der Waals surface area (Å²) in [7, 11) is 0. The average molecular weight is 365 g/mol. The van der Waals surface area contributed by atoms with Crippen molar-refractivity contribution in [1.29, 1.82) is 0 Å². The molecule has 26 heavy (non-hydrogen) atoms. The topological polar surface area (TPSA) is 86.0 Å². The Hall–Kier alpha value is -3.01. The molecule has 0 fully saturated rings. The second kappa shape index (κ2) is 7.91. The number of halogens is 3. The lowest BCUT2D eigenvalue weighted by atomic mass is 10.1. The van der Waals surface area contributed by atoms with Gasteiger partial charge in [0.2, 0.25) is 0 Å². The number of nitrogens with zero attached hydrogens (tertiary/aromatic N) is 5. The lowest BCUT2D eigenvalue weighted by Gasteiger charge is -2.21. The van der Waals surface area contributed by atoms with Crippen molar-refractivity contribution in [1.82, 2.24) is 25.2 Å². The van der Waals surface area contributed by atoms with Gasteiger partial charge in [-0.2, -0.15) is 0 Å². The number of hydrogen-bond acceptors (Lipinski definition) is 6. The Bertz CT molecular complexity index is 830. The van der Waals surface area contributed by atoms with E-state index in [1.807, 2.05) is 0 Å². The van der Waals surface area contributed by atoms with E-state index in [-0.39, 0.29) is 18.1 Å². The first-order valence-electron chi connectivity index (χ1n) is 7.56. The second-order valence-electron chi connectivity index (χ2n) is 5.40. The van der Waals surface area contributed by atoms with Crippen molar-refractivity contribution in [3.8, 4) is 5.75 Å². The number of tetrazole rings is 1. The van der Waals surface area contributed by atoms with Gasteiger partial charge in [-0.25, -0.2) is 17.9 Å². The number of hydrogen-bond donors (Lipinski definition) is 1. The van der Waals surface area contributed by atoms with Crippen LogP contribution in [0.3, 0.4) is 0 Å². The summed E-state index contributed by atoms with van der Waals surface area (Å²) in [5, 5.41) is 20.1. The number of ether oxygens (including phenoxy) is 1. The van der Waals surface area contributed by atoms with Crippen LogP contribution in [-0.4, -0.2) is 42.8 Å². The summed E-state index contributed by atoms with van der Waals surface area (Å²) in [6.07, 6.45) is -2.60. The Morgan fingerprint density at radius 1 is 1.19 bits per heavy atom. The number of benzene rings is 1. The van der Waals surface area contributed by atoms with E-state index in [4.69, 9.17) is 4.74 Å². The van der Waals surface area contributed by atoms with Crippen LogP contribution in [0.15, 0.2) is 48.9 Å². The van der Waals surface area contributed by atoms with E-state index in [1.165, 1.54) is 30.5 Å². The molecule has 10 heteroatoms. The zero-order valence-electron chi connectivity index (χ0n) is 13.3. The van der Waals surface area contributed by atoms with E-state index in [1.54, 1.807) is 12.1 Å². The molecule has 136 valence electrons. The van der Waals surface area contributed by atoms with E-state index in [0.29, 0.717) is 11.3 Å². The normalized spacial score (nSPS) is 13.6. The average Bonchev–Trinajstić information content (AvgIpc) is 3.15. The van der Waals surface area contributed by atoms with E-state index in [9.17, 15) is 18.3 Å². The second-order valence-corrected chi connectivity index (χ2v) is 5.40. The SMILES string of the molecule is OC(C(F)F)C(c1ccc(OCc2cccc(F)c2)cn1)n1cnnn1. The quantitative estimate of drug-likeness (QED) is 0.689. The van der Waals surface area contributed by atoms with E-state index >= 15 is 0 Å². The largest absolute Gasteiger partial charge is 0.487 e. The highest BCUT2D eigenvalue weighted by Gasteiger charge is 2.32. The molecule has 1 N–H and O–H groups in total. The highest BCUT2D eigenvalue weighted by Crippen LogP contribution is 2.25. The fourth-order valence-electron chi connectivity index (χ4n) is 2.35. The van der Waals surface area contributed by atoms with Gasteiger partial charge in [0, 0.05) is 0 Å². The van der Waals surface area contributed by atoms with Gasteiger partial charge in [0.25, 0.3) is 6.43 Å². The molecule has 2 heterocycles. The van der Waals surface area contributed by atoms with E-state index < -0.39 is 18.6 Å². The van der Waals surface area contributed by atoms with E-state index in [2.05, 4.69) is 20.5 Å². The summed E-state index contributed by atoms with van der Waals surface area (Å²) in [6.45, 7) is 0.120. The van der Waals surface area contributed by atoms with Crippen LogP contribution in [0.2, 0.25) is 0 Å². The molecular formula is C16H14F3N5O2. The third kappa shape index (κ3) is 4.14. The zero-order valence-corrected chi connectivity index (χ0v) is 13.3. The third-order valence-corrected chi connectivity index (χ3v) is 3.59. The minimum atomic E-state index is -3.00. The fraction of sp³-hybridized carbons (Fsp3) is 0.250. The molecule has 0 aliphatic heterocycles. The smallest absolute Gasteiger partial charge is 0.266 e. The van der Waals surface area contributed by atoms with Gasteiger partial charge in [0.05, 0.1) is 11.9 Å². The summed E-state index contributed by atoms with van der Waals surface area (Å²) < 4.78 is 45.6. The minimum Gasteiger partial charge on any atom is -0.487 e. The minimum absolute atomic E-state index is 0.120. The molecule has 0 radical (unpaired) electrons. The Labute approximate surface area is 146 Å². The van der Waals surface area contributed by atoms with Crippen LogP contribution in [0.1, 0.15) is 17.3 Å². The molecule has 0 aliphatic carbocycles. The van der Waals surface area contributed by atoms with Crippen molar-refractivity contribution in [2.45, 2.75) is 25.2 Å². The van der Waals surface area contributed by atoms with Gasteiger partial charge in [0.1, 0.15) is 36.6 Å². The summed E-state index contributed by atoms with van der Waals surface area (Å²) in [5.41, 5.74) is 0.775. The Morgan fingerprint density at radius 2 is 2.04 bits per heavy atom. The number of pyridine rings is 1. The molecule has 7 nitrogen and oxygen atoms in total. The summed E-state index contributed by atoms with van der Waals surface area (Å²) >= 11 is 0. The monoisotopic (exact) mass is 365 g/mol. The standard InChI is InChI=1S/C16H14F3N5O2/c17-11-3-1-2-10(6-11)8-26-12-4-5-13(20-7-12)14(15(25)16(18)19)24-9-21-22-23-24/h1-7,9,14-16,25H,8H2. The van der Waals surface area contributed by atoms with Gasteiger partial charge >= 0.3 is 0 Å². The molecule has 3 aromatic rings. The summed E-state index contributed by atoms with van der Waals surface area (Å²) in [6, 6.07) is 7.63. The first-order chi connectivity index (χ1) is 12.5. The molecule has 2 unspecified atom stereocenters. The maximum atomic E-state index is 13.1. The fourth-order valence-corrected chi connectivity index (χ4v) is 2.35. The zero-order chi connectivity index (χ0) is 18.5. The van der Waals surface area contributed by atoms with Gasteiger partial charge in [-0.1, -0.05) is 12.1 Å². The van der Waals surface area contributed by atoms with E-state index in [0.717, 1.165) is 11.0 Å². The molecule has 0 amide bonds. The highest BCUT2D eigenvalue weighted by molar-refractivity contribution is 5.23. The van der Waals surface area contributed by atoms with Gasteiger partial charge < -0.3 is 9.84 Å². The van der Waals surface area contributed by atoms with Gasteiger partial charge in [0.15, 0.2) is 0 Å². The highest BCUT2D eigenvalue weighted by atomic mass is 19.3. The van der Waals surface area contributed by atoms with Crippen molar-refractivity contribution in [3.63, 3.8) is 0 Å². The van der Waals surface area contributed by atoms with Crippen LogP contribution >= 0.6 is 0 Å². The van der Waals surface area contributed by atoms with Crippen molar-refractivity contribution in [2.75, 3.05) is 0 Å². The summed E-state index contributed by atoms with van der Waals surface area (Å²) in [5.74, 6) is -0.00939. The number of alkyl halides is 2. The first-order valence-corrected chi connectivity index (χ1v) is 7.56. The maximum Gasteiger partial charge on any atom is 0.266 e. The summed E-state index contributed by atoms with van der Waals surface area (Å²) in [4.78, 5) is 4.06. The number of aromatic nitrogens is 5. The van der Waals surface area contributed by atoms with Crippen molar-refractivity contribution >= 4 is 0 Å². The Morgan fingerprint density at radius 3 is 2.65 bits per heavy atom. The molecule has 2 atom stereocenters. The molecule has 0 aliphatic rings. The van der Waals surface area contributed by atoms with Gasteiger partial charge in [-0.3, -0.25) is 4.98 Å². The van der Waals surface area contributed by atoms with Crippen LogP contribution in [0.25, 0.3) is 0 Å². The van der Waals surface area contributed by atoms with Crippen molar-refractivity contribution in [3.05, 3.63) is 66.0 Å². The lowest BCUT2D eigenvalue weighted by Crippen LogP contribution is -2.32. The van der Waals surface area contributed by atoms with Crippen LogP contribution in [0, 0.1) is 5.82 Å². The predicted octanol–water partition coefficient (Wildman–Crippen LogP) is 2.00. The first kappa shape index (κ1) is 17.8. The molecule has 0 bridgehead atoms. The maximum absolute atomic E-state index is 13.1. The molecule has 3 rings (SSSR count). The van der Waals surface area contributed by atoms with Gasteiger partial charge in [-0.05, 0) is 40.3 Å². The molecule has 0 saturated carbocycles. The van der Waals surface area contributed by atoms with Crippen LogP contribution in [0.5, 0.6) is 5.75 Å². The third-order valence-electron chi connectivity index (χ3n) is 3.59. The number of rotatable bonds is 7. The lowest BCUT2D eigenvalue weighted by molar-refractivity contribution is -0.0292. The molecule has 0 saturated heterocycles. The molecular weight excluding hydrogens is 351 g/mol. The van der Waals surface area contributed by atoms with Crippen LogP contribution < -0.4 is 4.74 Å². The van der Waals surface area contributed by atoms with Crippen LogP contribution in [0.4, 0.5) is 13.2 Å². The number of aliphatic hydroxyl groups excluding tert-OH is 1. The van der Waals surface area contributed by atoms with Crippen molar-refractivity contribution in [2.24, 2.45) is 0 Å². The molecule has 2 aromatic heterocycles. The Kier molecular flexibility index (Phi) is 5.42. The predicted molar refractivity (Wildman–Crippen MR) is 82.9 cm³/mol. The van der Waals surface area contributed by atoms with Gasteiger partial charge in [-0.15, -0.1) is 5.10 Å². The Balaban J connectivity index is 1.74.